The van der Waals surface area contributed by atoms with Gasteiger partial charge in [0.15, 0.2) is 5.16 Å². The molecule has 0 fully saturated rings. The summed E-state index contributed by atoms with van der Waals surface area (Å²) in [6.45, 7) is 1.89. The lowest BCUT2D eigenvalue weighted by molar-refractivity contribution is -0.105. The van der Waals surface area contributed by atoms with Crippen LogP contribution in [0.4, 0.5) is 5.82 Å². The van der Waals surface area contributed by atoms with Gasteiger partial charge >= 0.3 is 0 Å². The first kappa shape index (κ1) is 17.9. The van der Waals surface area contributed by atoms with E-state index in [0.717, 1.165) is 0 Å². The van der Waals surface area contributed by atoms with Crippen LogP contribution in [0.2, 0.25) is 0 Å². The van der Waals surface area contributed by atoms with E-state index >= 15 is 0 Å². The number of anilines is 1. The number of aromatic hydroxyl groups is 1. The Balaban J connectivity index is 2.62. The number of nitrogens with one attached hydrogen (secondary N) is 2. The number of aromatic amines is 1. The standard InChI is InChI=1S/C16H19N3O4S/c1-4-10(11-6-5-9(23-2)7-12(11)21)13-14(17-8-20)18-16(24-3)19-15(13)22/h5-8,10,21H,4H2,1-3H3,(H2,17,18,19,20,22). The van der Waals surface area contributed by atoms with Crippen LogP contribution >= 0.6 is 11.8 Å². The van der Waals surface area contributed by atoms with E-state index in [-0.39, 0.29) is 17.1 Å². The quantitative estimate of drug-likeness (QED) is 0.402. The van der Waals surface area contributed by atoms with Crippen molar-refractivity contribution >= 4 is 24.0 Å². The summed E-state index contributed by atoms with van der Waals surface area (Å²) in [7, 11) is 1.51. The molecule has 1 heterocycles. The number of nitrogens with zero attached hydrogens (tertiary/aromatic N) is 1. The zero-order chi connectivity index (χ0) is 17.7. The third-order valence-electron chi connectivity index (χ3n) is 3.69. The van der Waals surface area contributed by atoms with Crippen LogP contribution < -0.4 is 15.6 Å². The fourth-order valence-corrected chi connectivity index (χ4v) is 2.95. The number of ether oxygens (including phenoxy) is 1. The number of amides is 1. The van der Waals surface area contributed by atoms with Crippen molar-refractivity contribution < 1.29 is 14.6 Å². The highest BCUT2D eigenvalue weighted by Crippen LogP contribution is 2.36. The van der Waals surface area contributed by atoms with Gasteiger partial charge in [0.1, 0.15) is 17.3 Å². The summed E-state index contributed by atoms with van der Waals surface area (Å²) in [5.41, 5.74) is 0.528. The summed E-state index contributed by atoms with van der Waals surface area (Å²) >= 11 is 1.27. The minimum absolute atomic E-state index is 0.0200. The first-order chi connectivity index (χ1) is 11.5. The summed E-state index contributed by atoms with van der Waals surface area (Å²) in [5.74, 6) is 0.305. The van der Waals surface area contributed by atoms with Gasteiger partial charge in [0.05, 0.1) is 12.7 Å². The van der Waals surface area contributed by atoms with Crippen molar-refractivity contribution in [2.75, 3.05) is 18.7 Å². The van der Waals surface area contributed by atoms with E-state index in [1.807, 2.05) is 6.92 Å². The first-order valence-corrected chi connectivity index (χ1v) is 8.53. The number of benzene rings is 1. The molecule has 8 heteroatoms. The third-order valence-corrected chi connectivity index (χ3v) is 4.27. The van der Waals surface area contributed by atoms with Gasteiger partial charge < -0.3 is 20.1 Å². The SMILES string of the molecule is CCC(c1ccc(OC)cc1O)c1c(NC=O)nc(SC)[nH]c1=O. The molecule has 1 aromatic heterocycles. The minimum Gasteiger partial charge on any atom is -0.508 e. The second kappa shape index (κ2) is 7.87. The third kappa shape index (κ3) is 3.53. The molecular formula is C16H19N3O4S. The molecule has 1 atom stereocenters. The Hall–Kier alpha value is -2.48. The molecule has 128 valence electrons. The Morgan fingerprint density at radius 1 is 1.50 bits per heavy atom. The van der Waals surface area contributed by atoms with Crippen LogP contribution in [-0.4, -0.2) is 34.9 Å². The van der Waals surface area contributed by atoms with Crippen LogP contribution in [-0.2, 0) is 4.79 Å². The molecule has 1 unspecified atom stereocenters. The number of hydrogen-bond donors (Lipinski definition) is 3. The number of phenols is 1. The number of thioether (sulfide) groups is 1. The molecule has 0 aliphatic rings. The number of carbonyl (C=O) groups is 1. The smallest absolute Gasteiger partial charge is 0.257 e. The van der Waals surface area contributed by atoms with Gasteiger partial charge in [0, 0.05) is 17.5 Å². The molecule has 0 aliphatic carbocycles. The Morgan fingerprint density at radius 2 is 2.25 bits per heavy atom. The molecule has 0 aliphatic heterocycles. The summed E-state index contributed by atoms with van der Waals surface area (Å²) in [5, 5.41) is 13.2. The molecule has 1 amide bonds. The molecule has 0 radical (unpaired) electrons. The molecule has 24 heavy (non-hydrogen) atoms. The van der Waals surface area contributed by atoms with E-state index in [9.17, 15) is 14.7 Å². The molecule has 1 aromatic carbocycles. The van der Waals surface area contributed by atoms with Crippen LogP contribution in [0.25, 0.3) is 0 Å². The van der Waals surface area contributed by atoms with Crippen molar-refractivity contribution in [1.82, 2.24) is 9.97 Å². The number of rotatable bonds is 7. The van der Waals surface area contributed by atoms with Gasteiger partial charge in [-0.25, -0.2) is 4.98 Å². The molecule has 0 saturated carbocycles. The van der Waals surface area contributed by atoms with Crippen LogP contribution in [0.3, 0.4) is 0 Å². The number of methoxy groups -OCH3 is 1. The van der Waals surface area contributed by atoms with Crippen molar-refractivity contribution in [2.24, 2.45) is 0 Å². The van der Waals surface area contributed by atoms with Crippen molar-refractivity contribution in [3.8, 4) is 11.5 Å². The number of hydrogen-bond acceptors (Lipinski definition) is 6. The molecular weight excluding hydrogens is 330 g/mol. The van der Waals surface area contributed by atoms with Crippen LogP contribution in [0, 0.1) is 0 Å². The van der Waals surface area contributed by atoms with Gasteiger partial charge in [-0.05, 0) is 18.7 Å². The van der Waals surface area contributed by atoms with E-state index in [4.69, 9.17) is 4.74 Å². The lowest BCUT2D eigenvalue weighted by Crippen LogP contribution is -2.22. The van der Waals surface area contributed by atoms with E-state index in [2.05, 4.69) is 15.3 Å². The normalized spacial score (nSPS) is 11.8. The van der Waals surface area contributed by atoms with Gasteiger partial charge in [-0.2, -0.15) is 0 Å². The summed E-state index contributed by atoms with van der Waals surface area (Å²) in [6.07, 6.45) is 2.79. The zero-order valence-electron chi connectivity index (χ0n) is 13.6. The Morgan fingerprint density at radius 3 is 2.79 bits per heavy atom. The zero-order valence-corrected chi connectivity index (χ0v) is 14.4. The number of aromatic nitrogens is 2. The second-order valence-electron chi connectivity index (χ2n) is 4.99. The van der Waals surface area contributed by atoms with Gasteiger partial charge in [-0.15, -0.1) is 0 Å². The Kier molecular flexibility index (Phi) is 5.86. The molecule has 0 saturated heterocycles. The van der Waals surface area contributed by atoms with E-state index in [1.54, 1.807) is 18.4 Å². The van der Waals surface area contributed by atoms with E-state index in [1.165, 1.54) is 24.9 Å². The topological polar surface area (TPSA) is 104 Å². The van der Waals surface area contributed by atoms with Crippen LogP contribution in [0.15, 0.2) is 28.2 Å². The van der Waals surface area contributed by atoms with Gasteiger partial charge in [-0.3, -0.25) is 9.59 Å². The number of phenolic OH excluding ortho intramolecular Hbond substituents is 1. The predicted molar refractivity (Wildman–Crippen MR) is 93.1 cm³/mol. The average Bonchev–Trinajstić information content (AvgIpc) is 2.58. The highest BCUT2D eigenvalue weighted by Gasteiger charge is 2.24. The predicted octanol–water partition coefficient (Wildman–Crippen LogP) is 2.32. The highest BCUT2D eigenvalue weighted by molar-refractivity contribution is 7.98. The van der Waals surface area contributed by atoms with E-state index < -0.39 is 5.92 Å². The molecule has 0 bridgehead atoms. The summed E-state index contributed by atoms with van der Waals surface area (Å²) in [4.78, 5) is 30.4. The maximum atomic E-state index is 12.5. The number of H-pyrrole nitrogens is 1. The largest absolute Gasteiger partial charge is 0.508 e. The maximum absolute atomic E-state index is 12.5. The second-order valence-corrected chi connectivity index (χ2v) is 5.78. The molecule has 2 aromatic rings. The summed E-state index contributed by atoms with van der Waals surface area (Å²) < 4.78 is 5.08. The Bertz CT molecular complexity index is 791. The van der Waals surface area contributed by atoms with Crippen molar-refractivity contribution in [1.29, 1.82) is 0 Å². The average molecular weight is 349 g/mol. The van der Waals surface area contributed by atoms with Crippen molar-refractivity contribution in [2.45, 2.75) is 24.4 Å². The molecule has 7 nitrogen and oxygen atoms in total. The van der Waals surface area contributed by atoms with E-state index in [0.29, 0.717) is 34.9 Å². The monoisotopic (exact) mass is 349 g/mol. The molecule has 0 spiro atoms. The minimum atomic E-state index is -0.425. The molecule has 2 rings (SSSR count). The first-order valence-electron chi connectivity index (χ1n) is 7.30. The van der Waals surface area contributed by atoms with Gasteiger partial charge in [0.2, 0.25) is 6.41 Å². The summed E-state index contributed by atoms with van der Waals surface area (Å²) in [6, 6.07) is 4.90. The van der Waals surface area contributed by atoms with Crippen LogP contribution in [0.5, 0.6) is 11.5 Å². The van der Waals surface area contributed by atoms with Crippen molar-refractivity contribution in [3.63, 3.8) is 0 Å². The fourth-order valence-electron chi connectivity index (χ4n) is 2.57. The van der Waals surface area contributed by atoms with Gasteiger partial charge in [0.25, 0.3) is 5.56 Å². The fraction of sp³-hybridized carbons (Fsp3) is 0.312. The van der Waals surface area contributed by atoms with Crippen molar-refractivity contribution in [3.05, 3.63) is 39.7 Å². The maximum Gasteiger partial charge on any atom is 0.257 e. The van der Waals surface area contributed by atoms with Crippen LogP contribution in [0.1, 0.15) is 30.4 Å². The lowest BCUT2D eigenvalue weighted by Gasteiger charge is -2.19. The Labute approximate surface area is 143 Å². The highest BCUT2D eigenvalue weighted by atomic mass is 32.2. The number of carbonyl (C=O) groups excluding carboxylic acids is 1. The van der Waals surface area contributed by atoms with Gasteiger partial charge in [-0.1, -0.05) is 24.8 Å². The molecule has 3 N–H and O–H groups in total. The lowest BCUT2D eigenvalue weighted by atomic mass is 9.89.